The number of sulfone groups is 1. The molecule has 3 atom stereocenters. The van der Waals surface area contributed by atoms with Crippen LogP contribution in [0, 0.1) is 5.92 Å². The predicted molar refractivity (Wildman–Crippen MR) is 117 cm³/mol. The second kappa shape index (κ2) is 8.03. The van der Waals surface area contributed by atoms with E-state index in [0.29, 0.717) is 17.7 Å². The van der Waals surface area contributed by atoms with Gasteiger partial charge in [0.25, 0.3) is 0 Å². The number of rotatable bonds is 8. The van der Waals surface area contributed by atoms with E-state index in [2.05, 4.69) is 31.2 Å². The summed E-state index contributed by atoms with van der Waals surface area (Å²) < 4.78 is 36.8. The summed E-state index contributed by atoms with van der Waals surface area (Å²) >= 11 is 0. The van der Waals surface area contributed by atoms with Crippen LogP contribution in [-0.2, 0) is 35.6 Å². The molecule has 0 saturated carbocycles. The van der Waals surface area contributed by atoms with Crippen molar-refractivity contribution in [2.75, 3.05) is 12.9 Å². The zero-order valence-corrected chi connectivity index (χ0v) is 20.5. The molecule has 0 aromatic carbocycles. The Morgan fingerprint density at radius 1 is 1.42 bits per heavy atom. The van der Waals surface area contributed by atoms with Gasteiger partial charge in [-0.25, -0.2) is 18.2 Å². The van der Waals surface area contributed by atoms with Gasteiger partial charge in [0, 0.05) is 25.1 Å². The standard InChI is InChI=1S/C20H29N3O6SSi/c1-8-9-28-19(25)17-13(14-11-22(3)20(21-14)30(4,26)27)10-15-16(18(24)23(15)17)12(2)29-31(5,6)7/h8,11-12,15-16H,1,9-10H2,2-7H3/t12-,15-,16-/m1/s1. The van der Waals surface area contributed by atoms with Gasteiger partial charge in [0.05, 0.1) is 23.8 Å². The van der Waals surface area contributed by atoms with Crippen molar-refractivity contribution >= 4 is 35.6 Å². The molecule has 3 rings (SSSR count). The number of imidazole rings is 1. The van der Waals surface area contributed by atoms with Crippen LogP contribution < -0.4 is 0 Å². The quantitative estimate of drug-likeness (QED) is 0.248. The molecule has 1 aromatic rings. The first-order valence-electron chi connectivity index (χ1n) is 10.0. The Bertz CT molecular complexity index is 1070. The number of carbonyl (C=O) groups is 2. The molecule has 1 amide bonds. The minimum Gasteiger partial charge on any atom is -0.457 e. The Labute approximate surface area is 183 Å². The molecule has 1 aromatic heterocycles. The molecule has 170 valence electrons. The summed E-state index contributed by atoms with van der Waals surface area (Å²) in [6.07, 6.45) is 4.15. The van der Waals surface area contributed by atoms with Crippen molar-refractivity contribution in [1.29, 1.82) is 0 Å². The van der Waals surface area contributed by atoms with E-state index in [0.717, 1.165) is 6.26 Å². The summed E-state index contributed by atoms with van der Waals surface area (Å²) in [5.74, 6) is -1.24. The van der Waals surface area contributed by atoms with Crippen LogP contribution in [0.4, 0.5) is 0 Å². The van der Waals surface area contributed by atoms with E-state index in [1.807, 2.05) is 6.92 Å². The molecule has 0 aliphatic carbocycles. The summed E-state index contributed by atoms with van der Waals surface area (Å²) in [7, 11) is -3.85. The lowest BCUT2D eigenvalue weighted by Crippen LogP contribution is -2.63. The number of hydrogen-bond acceptors (Lipinski definition) is 7. The van der Waals surface area contributed by atoms with Crippen LogP contribution in [0.5, 0.6) is 0 Å². The lowest BCUT2D eigenvalue weighted by Gasteiger charge is -2.47. The molecule has 2 aliphatic heterocycles. The fourth-order valence-corrected chi connectivity index (χ4v) is 6.35. The molecule has 11 heteroatoms. The Balaban J connectivity index is 2.00. The van der Waals surface area contributed by atoms with Crippen molar-refractivity contribution in [3.63, 3.8) is 0 Å². The number of β-lactam (4-membered cyclic amide) rings is 1. The van der Waals surface area contributed by atoms with Crippen LogP contribution in [0.2, 0.25) is 19.6 Å². The molecule has 2 aliphatic rings. The number of amides is 1. The molecule has 0 bridgehead atoms. The van der Waals surface area contributed by atoms with Crippen molar-refractivity contribution in [3.8, 4) is 0 Å². The number of nitrogens with zero attached hydrogens (tertiary/aromatic N) is 3. The van der Waals surface area contributed by atoms with Gasteiger partial charge in [-0.15, -0.1) is 0 Å². The van der Waals surface area contributed by atoms with Gasteiger partial charge in [0.1, 0.15) is 12.3 Å². The van der Waals surface area contributed by atoms with Crippen molar-refractivity contribution in [1.82, 2.24) is 14.5 Å². The van der Waals surface area contributed by atoms with Crippen LogP contribution in [0.1, 0.15) is 19.0 Å². The van der Waals surface area contributed by atoms with Crippen LogP contribution in [-0.4, -0.2) is 68.1 Å². The van der Waals surface area contributed by atoms with Crippen LogP contribution in [0.15, 0.2) is 29.7 Å². The molecule has 0 unspecified atom stereocenters. The van der Waals surface area contributed by atoms with Gasteiger partial charge in [-0.05, 0) is 33.0 Å². The second-order valence-electron chi connectivity index (χ2n) is 8.95. The highest BCUT2D eigenvalue weighted by atomic mass is 32.2. The highest BCUT2D eigenvalue weighted by Gasteiger charge is 2.58. The predicted octanol–water partition coefficient (Wildman–Crippen LogP) is 1.73. The number of aromatic nitrogens is 2. The Kier molecular flexibility index (Phi) is 6.06. The van der Waals surface area contributed by atoms with Gasteiger partial charge < -0.3 is 18.6 Å². The number of hydrogen-bond donors (Lipinski definition) is 0. The largest absolute Gasteiger partial charge is 0.457 e. The van der Waals surface area contributed by atoms with E-state index in [1.54, 1.807) is 13.2 Å². The van der Waals surface area contributed by atoms with Crippen molar-refractivity contribution in [3.05, 3.63) is 30.2 Å². The maximum atomic E-state index is 13.0. The third kappa shape index (κ3) is 4.39. The molecule has 3 heterocycles. The van der Waals surface area contributed by atoms with Crippen LogP contribution >= 0.6 is 0 Å². The molecule has 9 nitrogen and oxygen atoms in total. The Hall–Kier alpha value is -2.24. The van der Waals surface area contributed by atoms with E-state index >= 15 is 0 Å². The number of carbonyl (C=O) groups excluding carboxylic acids is 2. The zero-order valence-electron chi connectivity index (χ0n) is 18.7. The van der Waals surface area contributed by atoms with E-state index in [9.17, 15) is 18.0 Å². The van der Waals surface area contributed by atoms with Crippen molar-refractivity contribution in [2.24, 2.45) is 13.0 Å². The molecule has 0 N–H and O–H groups in total. The molecular weight excluding hydrogens is 438 g/mol. The van der Waals surface area contributed by atoms with E-state index < -0.39 is 24.1 Å². The van der Waals surface area contributed by atoms with Crippen LogP contribution in [0.3, 0.4) is 0 Å². The summed E-state index contributed by atoms with van der Waals surface area (Å²) in [5, 5.41) is -0.110. The summed E-state index contributed by atoms with van der Waals surface area (Å²) in [6, 6.07) is -0.260. The molecule has 0 radical (unpaired) electrons. The number of ether oxygens (including phenoxy) is 1. The SMILES string of the molecule is C=CCOC(=O)C1=C(c2cn(C)c(S(C)(=O)=O)n2)C[C@@H]2[C@@H]([C@@H](C)O[Si](C)(C)C)C(=O)N12. The number of esters is 1. The summed E-state index contributed by atoms with van der Waals surface area (Å²) in [4.78, 5) is 31.6. The van der Waals surface area contributed by atoms with E-state index in [4.69, 9.17) is 9.16 Å². The van der Waals surface area contributed by atoms with E-state index in [-0.39, 0.29) is 41.4 Å². The third-order valence-electron chi connectivity index (χ3n) is 5.25. The van der Waals surface area contributed by atoms with Gasteiger partial charge in [-0.3, -0.25) is 4.79 Å². The van der Waals surface area contributed by atoms with Gasteiger partial charge in [0.2, 0.25) is 20.9 Å². The average Bonchev–Trinajstić information content (AvgIpc) is 3.16. The maximum absolute atomic E-state index is 13.0. The topological polar surface area (TPSA) is 108 Å². The minimum absolute atomic E-state index is 0.00230. The smallest absolute Gasteiger partial charge is 0.355 e. The third-order valence-corrected chi connectivity index (χ3v) is 7.38. The van der Waals surface area contributed by atoms with Crippen molar-refractivity contribution < 1.29 is 27.2 Å². The van der Waals surface area contributed by atoms with Gasteiger partial charge >= 0.3 is 5.97 Å². The average molecular weight is 468 g/mol. The van der Waals surface area contributed by atoms with Crippen molar-refractivity contribution in [2.45, 2.75) is 50.3 Å². The van der Waals surface area contributed by atoms with Gasteiger partial charge in [0.15, 0.2) is 8.32 Å². The second-order valence-corrected chi connectivity index (χ2v) is 15.3. The van der Waals surface area contributed by atoms with Gasteiger partial charge in [-0.1, -0.05) is 12.7 Å². The molecular formula is C20H29N3O6SSi. The fourth-order valence-electron chi connectivity index (χ4n) is 4.25. The van der Waals surface area contributed by atoms with Crippen LogP contribution in [0.25, 0.3) is 5.57 Å². The number of aryl methyl sites for hydroxylation is 1. The summed E-state index contributed by atoms with van der Waals surface area (Å²) in [6.45, 7) is 11.6. The highest BCUT2D eigenvalue weighted by molar-refractivity contribution is 7.90. The highest BCUT2D eigenvalue weighted by Crippen LogP contribution is 2.47. The fraction of sp³-hybridized carbons (Fsp3) is 0.550. The minimum atomic E-state index is -3.56. The first-order chi connectivity index (χ1) is 14.3. The first-order valence-corrected chi connectivity index (χ1v) is 15.3. The maximum Gasteiger partial charge on any atom is 0.355 e. The molecule has 1 fully saturated rings. The Morgan fingerprint density at radius 2 is 2.06 bits per heavy atom. The first kappa shape index (κ1) is 23.4. The summed E-state index contributed by atoms with van der Waals surface area (Å²) in [5.41, 5.74) is 0.959. The monoisotopic (exact) mass is 467 g/mol. The lowest BCUT2D eigenvalue weighted by atomic mass is 9.83. The van der Waals surface area contributed by atoms with E-state index in [1.165, 1.54) is 15.5 Å². The molecule has 1 saturated heterocycles. The lowest BCUT2D eigenvalue weighted by molar-refractivity contribution is -0.161. The molecule has 0 spiro atoms. The number of fused-ring (bicyclic) bond motifs is 1. The zero-order chi connectivity index (χ0) is 23.3. The normalized spacial score (nSPS) is 22.3. The van der Waals surface area contributed by atoms with Gasteiger partial charge in [-0.2, -0.15) is 0 Å². The Morgan fingerprint density at radius 3 is 2.58 bits per heavy atom. The molecule has 31 heavy (non-hydrogen) atoms.